The quantitative estimate of drug-likeness (QED) is 0.722. The summed E-state index contributed by atoms with van der Waals surface area (Å²) in [5, 5.41) is 2.88. The van der Waals surface area contributed by atoms with Crippen LogP contribution in [0.15, 0.2) is 48.5 Å². The first-order valence-corrected chi connectivity index (χ1v) is 9.47. The molecule has 0 heterocycles. The lowest BCUT2D eigenvalue weighted by atomic mass is 10.1. The summed E-state index contributed by atoms with van der Waals surface area (Å²) in [6, 6.07) is 14.8. The molecule has 6 nitrogen and oxygen atoms in total. The van der Waals surface area contributed by atoms with Crippen molar-refractivity contribution in [3.63, 3.8) is 0 Å². The van der Waals surface area contributed by atoms with Crippen LogP contribution >= 0.6 is 0 Å². The van der Waals surface area contributed by atoms with E-state index in [1.807, 2.05) is 50.1 Å². The predicted molar refractivity (Wildman–Crippen MR) is 112 cm³/mol. The zero-order valence-electron chi connectivity index (χ0n) is 17.1. The normalized spacial score (nSPS) is 10.6. The van der Waals surface area contributed by atoms with Crippen molar-refractivity contribution in [2.45, 2.75) is 20.4 Å². The van der Waals surface area contributed by atoms with E-state index in [1.54, 1.807) is 36.3 Å². The van der Waals surface area contributed by atoms with E-state index < -0.39 is 0 Å². The van der Waals surface area contributed by atoms with Gasteiger partial charge in [0, 0.05) is 30.9 Å². The molecular formula is C22H29N3O3. The molecule has 0 saturated carbocycles. The second-order valence-corrected chi connectivity index (χ2v) is 6.63. The maximum Gasteiger partial charge on any atom is 0.253 e. The van der Waals surface area contributed by atoms with Crippen molar-refractivity contribution in [2.75, 3.05) is 39.1 Å². The second kappa shape index (κ2) is 10.5. The summed E-state index contributed by atoms with van der Waals surface area (Å²) in [4.78, 5) is 28.5. The summed E-state index contributed by atoms with van der Waals surface area (Å²) in [7, 11) is 3.52. The minimum Gasteiger partial charge on any atom is -0.497 e. The van der Waals surface area contributed by atoms with Gasteiger partial charge in [0.05, 0.1) is 13.7 Å². The van der Waals surface area contributed by atoms with Crippen molar-refractivity contribution in [2.24, 2.45) is 0 Å². The average Bonchev–Trinajstić information content (AvgIpc) is 2.68. The topological polar surface area (TPSA) is 61.9 Å². The van der Waals surface area contributed by atoms with Crippen LogP contribution in [0, 0.1) is 0 Å². The molecule has 0 unspecified atom stereocenters. The Hall–Kier alpha value is -2.86. The number of ether oxygens (including phenoxy) is 1. The van der Waals surface area contributed by atoms with Crippen molar-refractivity contribution in [1.82, 2.24) is 9.80 Å². The number of rotatable bonds is 9. The zero-order valence-corrected chi connectivity index (χ0v) is 17.1. The van der Waals surface area contributed by atoms with Crippen molar-refractivity contribution in [1.29, 1.82) is 0 Å². The minimum atomic E-state index is -0.127. The lowest BCUT2D eigenvalue weighted by Crippen LogP contribution is -2.31. The van der Waals surface area contributed by atoms with Crippen LogP contribution in [0.3, 0.4) is 0 Å². The Labute approximate surface area is 167 Å². The third-order valence-corrected chi connectivity index (χ3v) is 4.44. The number of amides is 2. The van der Waals surface area contributed by atoms with E-state index in [4.69, 9.17) is 4.74 Å². The van der Waals surface area contributed by atoms with Gasteiger partial charge in [0.2, 0.25) is 5.91 Å². The van der Waals surface area contributed by atoms with Crippen molar-refractivity contribution in [3.8, 4) is 5.75 Å². The van der Waals surface area contributed by atoms with Crippen LogP contribution in [-0.4, -0.2) is 55.4 Å². The van der Waals surface area contributed by atoms with Crippen LogP contribution in [0.5, 0.6) is 5.75 Å². The third-order valence-electron chi connectivity index (χ3n) is 4.44. The Morgan fingerprint density at radius 1 is 1.04 bits per heavy atom. The Bertz CT molecular complexity index is 803. The Morgan fingerprint density at radius 2 is 1.75 bits per heavy atom. The maximum atomic E-state index is 12.5. The fraction of sp³-hybridized carbons (Fsp3) is 0.364. The molecule has 0 aromatic heterocycles. The Balaban J connectivity index is 1.95. The van der Waals surface area contributed by atoms with Crippen molar-refractivity contribution in [3.05, 3.63) is 59.7 Å². The molecule has 2 amide bonds. The van der Waals surface area contributed by atoms with Crippen LogP contribution < -0.4 is 10.1 Å². The third kappa shape index (κ3) is 6.09. The highest BCUT2D eigenvalue weighted by atomic mass is 16.5. The Morgan fingerprint density at radius 3 is 2.43 bits per heavy atom. The fourth-order valence-corrected chi connectivity index (χ4v) is 3.01. The molecule has 0 aliphatic rings. The number of hydrogen-bond donors (Lipinski definition) is 1. The van der Waals surface area contributed by atoms with E-state index in [0.29, 0.717) is 30.9 Å². The van der Waals surface area contributed by atoms with Crippen LogP contribution in [0.4, 0.5) is 5.69 Å². The largest absolute Gasteiger partial charge is 0.497 e. The minimum absolute atomic E-state index is 0.0313. The van der Waals surface area contributed by atoms with Gasteiger partial charge in [-0.15, -0.1) is 0 Å². The molecule has 0 saturated heterocycles. The van der Waals surface area contributed by atoms with Crippen LogP contribution in [0.1, 0.15) is 29.8 Å². The van der Waals surface area contributed by atoms with E-state index in [9.17, 15) is 9.59 Å². The highest BCUT2D eigenvalue weighted by Crippen LogP contribution is 2.15. The molecule has 150 valence electrons. The number of methoxy groups -OCH3 is 1. The number of nitrogens with zero attached hydrogens (tertiary/aromatic N) is 2. The monoisotopic (exact) mass is 383 g/mol. The van der Waals surface area contributed by atoms with Crippen molar-refractivity contribution >= 4 is 17.5 Å². The number of likely N-dealkylation sites (N-methyl/N-ethyl adjacent to an activating group) is 1. The van der Waals surface area contributed by atoms with Gasteiger partial charge in [-0.3, -0.25) is 14.5 Å². The summed E-state index contributed by atoms with van der Waals surface area (Å²) < 4.78 is 5.23. The van der Waals surface area contributed by atoms with Gasteiger partial charge in [0.25, 0.3) is 5.91 Å². The predicted octanol–water partition coefficient (Wildman–Crippen LogP) is 3.25. The summed E-state index contributed by atoms with van der Waals surface area (Å²) in [5.41, 5.74) is 2.27. The first-order chi connectivity index (χ1) is 13.5. The molecule has 2 rings (SSSR count). The van der Waals surface area contributed by atoms with E-state index in [0.717, 1.165) is 11.3 Å². The van der Waals surface area contributed by atoms with E-state index >= 15 is 0 Å². The first kappa shape index (κ1) is 21.4. The summed E-state index contributed by atoms with van der Waals surface area (Å²) >= 11 is 0. The smallest absolute Gasteiger partial charge is 0.253 e. The number of anilines is 1. The van der Waals surface area contributed by atoms with Crippen LogP contribution in [0.2, 0.25) is 0 Å². The molecule has 0 bridgehead atoms. The molecule has 2 aromatic carbocycles. The standard InChI is InChI=1S/C22H29N3O3/c1-5-25(6-2)22(27)18-10-8-11-19(14-18)23-21(26)16-24(3)15-17-9-7-12-20(13-17)28-4/h7-14H,5-6,15-16H2,1-4H3,(H,23,26). The molecule has 0 fully saturated rings. The highest BCUT2D eigenvalue weighted by Gasteiger charge is 2.14. The molecule has 0 radical (unpaired) electrons. The average molecular weight is 383 g/mol. The number of carbonyl (C=O) groups excluding carboxylic acids is 2. The van der Waals surface area contributed by atoms with E-state index in [1.165, 1.54) is 0 Å². The van der Waals surface area contributed by atoms with Crippen LogP contribution in [0.25, 0.3) is 0 Å². The molecule has 0 spiro atoms. The number of benzene rings is 2. The molecule has 6 heteroatoms. The molecule has 0 atom stereocenters. The van der Waals surface area contributed by atoms with Gasteiger partial charge in [0.15, 0.2) is 0 Å². The van der Waals surface area contributed by atoms with Gasteiger partial charge in [-0.2, -0.15) is 0 Å². The first-order valence-electron chi connectivity index (χ1n) is 9.47. The lowest BCUT2D eigenvalue weighted by molar-refractivity contribution is -0.117. The molecule has 2 aromatic rings. The van der Waals surface area contributed by atoms with Crippen molar-refractivity contribution < 1.29 is 14.3 Å². The SMILES string of the molecule is CCN(CC)C(=O)c1cccc(NC(=O)CN(C)Cc2cccc(OC)c2)c1. The zero-order chi connectivity index (χ0) is 20.5. The summed E-state index contributed by atoms with van der Waals surface area (Å²) in [6.07, 6.45) is 0. The van der Waals surface area contributed by atoms with E-state index in [-0.39, 0.29) is 18.4 Å². The summed E-state index contributed by atoms with van der Waals surface area (Å²) in [6.45, 7) is 6.08. The second-order valence-electron chi connectivity index (χ2n) is 6.63. The maximum absolute atomic E-state index is 12.5. The molecule has 0 aliphatic carbocycles. The van der Waals surface area contributed by atoms with Gasteiger partial charge in [0.1, 0.15) is 5.75 Å². The number of hydrogen-bond acceptors (Lipinski definition) is 4. The van der Waals surface area contributed by atoms with Gasteiger partial charge in [-0.25, -0.2) is 0 Å². The van der Waals surface area contributed by atoms with Gasteiger partial charge in [-0.05, 0) is 56.8 Å². The summed E-state index contributed by atoms with van der Waals surface area (Å²) in [5.74, 6) is 0.638. The molecular weight excluding hydrogens is 354 g/mol. The van der Waals surface area contributed by atoms with Gasteiger partial charge < -0.3 is 15.0 Å². The lowest BCUT2D eigenvalue weighted by Gasteiger charge is -2.19. The van der Waals surface area contributed by atoms with Gasteiger partial charge >= 0.3 is 0 Å². The Kier molecular flexibility index (Phi) is 8.02. The number of carbonyl (C=O) groups is 2. The van der Waals surface area contributed by atoms with Gasteiger partial charge in [-0.1, -0.05) is 18.2 Å². The molecule has 1 N–H and O–H groups in total. The highest BCUT2D eigenvalue weighted by molar-refractivity contribution is 5.97. The number of nitrogens with one attached hydrogen (secondary N) is 1. The molecule has 28 heavy (non-hydrogen) atoms. The molecule has 0 aliphatic heterocycles. The fourth-order valence-electron chi connectivity index (χ4n) is 3.01. The van der Waals surface area contributed by atoms with E-state index in [2.05, 4.69) is 5.32 Å². The van der Waals surface area contributed by atoms with Crippen LogP contribution in [-0.2, 0) is 11.3 Å².